The van der Waals surface area contributed by atoms with Crippen LogP contribution in [0.25, 0.3) is 0 Å². The number of ether oxygens (including phenoxy) is 1. The number of hydrogen-bond acceptors (Lipinski definition) is 3. The molecule has 0 aromatic carbocycles. The Hall–Kier alpha value is -0.120. The minimum Gasteiger partial charge on any atom is -0.380 e. The molecule has 0 amide bonds. The summed E-state index contributed by atoms with van der Waals surface area (Å²) in [5, 5.41) is 3.65. The Morgan fingerprint density at radius 2 is 2.00 bits per heavy atom. The Bertz CT molecular complexity index is 199. The van der Waals surface area contributed by atoms with Crippen molar-refractivity contribution in [1.82, 2.24) is 10.2 Å². The van der Waals surface area contributed by atoms with E-state index < -0.39 is 0 Å². The summed E-state index contributed by atoms with van der Waals surface area (Å²) in [6, 6.07) is 0.778. The van der Waals surface area contributed by atoms with Gasteiger partial charge in [-0.1, -0.05) is 20.3 Å². The van der Waals surface area contributed by atoms with Gasteiger partial charge in [0.1, 0.15) is 0 Å². The maximum Gasteiger partial charge on any atom is 0.0593 e. The Morgan fingerprint density at radius 1 is 1.17 bits per heavy atom. The predicted octanol–water partition coefficient (Wildman–Crippen LogP) is 2.51. The first-order valence-corrected chi connectivity index (χ1v) is 7.85. The van der Waals surface area contributed by atoms with Gasteiger partial charge in [-0.3, -0.25) is 0 Å². The van der Waals surface area contributed by atoms with Crippen LogP contribution in [-0.4, -0.2) is 50.3 Å². The van der Waals surface area contributed by atoms with Crippen LogP contribution in [0.2, 0.25) is 0 Å². The van der Waals surface area contributed by atoms with Gasteiger partial charge in [-0.25, -0.2) is 0 Å². The minimum absolute atomic E-state index is 0.778. The topological polar surface area (TPSA) is 24.5 Å². The van der Waals surface area contributed by atoms with Crippen LogP contribution in [0.5, 0.6) is 0 Å². The summed E-state index contributed by atoms with van der Waals surface area (Å²) in [6.45, 7) is 12.8. The van der Waals surface area contributed by atoms with Crippen molar-refractivity contribution in [2.24, 2.45) is 5.92 Å². The fourth-order valence-electron chi connectivity index (χ4n) is 3.03. The lowest BCUT2D eigenvalue weighted by Gasteiger charge is -2.25. The predicted molar refractivity (Wildman–Crippen MR) is 78.0 cm³/mol. The Labute approximate surface area is 113 Å². The number of likely N-dealkylation sites (N-methyl/N-ethyl adjacent to an activating group) is 1. The van der Waals surface area contributed by atoms with Crippen molar-refractivity contribution in [3.63, 3.8) is 0 Å². The van der Waals surface area contributed by atoms with Crippen LogP contribution in [0.4, 0.5) is 0 Å². The molecule has 0 heterocycles. The van der Waals surface area contributed by atoms with Crippen LogP contribution < -0.4 is 5.32 Å². The van der Waals surface area contributed by atoms with E-state index in [1.54, 1.807) is 0 Å². The van der Waals surface area contributed by atoms with E-state index in [-0.39, 0.29) is 0 Å². The van der Waals surface area contributed by atoms with Crippen molar-refractivity contribution < 1.29 is 4.74 Å². The monoisotopic (exact) mass is 256 g/mol. The number of hydrogen-bond donors (Lipinski definition) is 1. The molecule has 1 fully saturated rings. The lowest BCUT2D eigenvalue weighted by atomic mass is 9.99. The standard InChI is InChI=1S/C15H32N2O/c1-4-16-15-9-7-8-14(15)10-11-17(5-2)12-13-18-6-3/h14-16H,4-13H2,1-3H3. The zero-order valence-corrected chi connectivity index (χ0v) is 12.6. The lowest BCUT2D eigenvalue weighted by Crippen LogP contribution is -2.35. The summed E-state index contributed by atoms with van der Waals surface area (Å²) in [6.07, 6.45) is 5.55. The Kier molecular flexibility index (Phi) is 8.64. The SMILES string of the molecule is CCNC1CCCC1CCN(CC)CCOCC. The first kappa shape index (κ1) is 15.9. The second kappa shape index (κ2) is 9.76. The van der Waals surface area contributed by atoms with E-state index in [9.17, 15) is 0 Å². The van der Waals surface area contributed by atoms with Crippen molar-refractivity contribution >= 4 is 0 Å². The molecule has 108 valence electrons. The smallest absolute Gasteiger partial charge is 0.0593 e. The Morgan fingerprint density at radius 3 is 2.67 bits per heavy atom. The molecule has 1 rings (SSSR count). The number of nitrogens with zero attached hydrogens (tertiary/aromatic N) is 1. The van der Waals surface area contributed by atoms with Crippen LogP contribution >= 0.6 is 0 Å². The van der Waals surface area contributed by atoms with E-state index in [4.69, 9.17) is 4.74 Å². The molecule has 2 atom stereocenters. The van der Waals surface area contributed by atoms with Gasteiger partial charge in [0.2, 0.25) is 0 Å². The van der Waals surface area contributed by atoms with Crippen molar-refractivity contribution in [2.75, 3.05) is 39.4 Å². The minimum atomic E-state index is 0.778. The zero-order chi connectivity index (χ0) is 13.2. The molecule has 0 radical (unpaired) electrons. The number of rotatable bonds is 10. The molecule has 1 N–H and O–H groups in total. The molecule has 1 saturated carbocycles. The van der Waals surface area contributed by atoms with Gasteiger partial charge in [0.25, 0.3) is 0 Å². The van der Waals surface area contributed by atoms with Gasteiger partial charge in [-0.15, -0.1) is 0 Å². The van der Waals surface area contributed by atoms with Crippen molar-refractivity contribution in [1.29, 1.82) is 0 Å². The van der Waals surface area contributed by atoms with Crippen molar-refractivity contribution in [2.45, 2.75) is 52.5 Å². The number of nitrogens with one attached hydrogen (secondary N) is 1. The molecule has 0 aliphatic heterocycles. The van der Waals surface area contributed by atoms with E-state index in [1.807, 2.05) is 0 Å². The van der Waals surface area contributed by atoms with Crippen molar-refractivity contribution in [3.05, 3.63) is 0 Å². The van der Waals surface area contributed by atoms with Crippen LogP contribution in [0.1, 0.15) is 46.5 Å². The highest BCUT2D eigenvalue weighted by Crippen LogP contribution is 2.28. The van der Waals surface area contributed by atoms with Crippen LogP contribution in [0.3, 0.4) is 0 Å². The summed E-state index contributed by atoms with van der Waals surface area (Å²) in [5.74, 6) is 0.895. The van der Waals surface area contributed by atoms with Crippen molar-refractivity contribution in [3.8, 4) is 0 Å². The molecule has 18 heavy (non-hydrogen) atoms. The van der Waals surface area contributed by atoms with Gasteiger partial charge in [0.15, 0.2) is 0 Å². The van der Waals surface area contributed by atoms with Gasteiger partial charge >= 0.3 is 0 Å². The second-order valence-electron chi connectivity index (χ2n) is 5.28. The summed E-state index contributed by atoms with van der Waals surface area (Å²) in [7, 11) is 0. The van der Waals surface area contributed by atoms with Gasteiger partial charge in [0, 0.05) is 19.2 Å². The van der Waals surface area contributed by atoms with Crippen LogP contribution in [-0.2, 0) is 4.74 Å². The Balaban J connectivity index is 2.20. The first-order chi connectivity index (χ1) is 8.81. The molecular formula is C15H32N2O. The van der Waals surface area contributed by atoms with Gasteiger partial charge in [-0.2, -0.15) is 0 Å². The van der Waals surface area contributed by atoms with E-state index >= 15 is 0 Å². The van der Waals surface area contributed by atoms with E-state index in [0.29, 0.717) is 0 Å². The summed E-state index contributed by atoms with van der Waals surface area (Å²) < 4.78 is 5.44. The second-order valence-corrected chi connectivity index (χ2v) is 5.28. The fraction of sp³-hybridized carbons (Fsp3) is 1.00. The molecule has 0 aromatic rings. The molecule has 0 bridgehead atoms. The fourth-order valence-corrected chi connectivity index (χ4v) is 3.03. The maximum atomic E-state index is 5.44. The molecule has 3 heteroatoms. The zero-order valence-electron chi connectivity index (χ0n) is 12.6. The normalized spacial score (nSPS) is 24.0. The lowest BCUT2D eigenvalue weighted by molar-refractivity contribution is 0.112. The average molecular weight is 256 g/mol. The highest BCUT2D eigenvalue weighted by atomic mass is 16.5. The molecule has 0 spiro atoms. The van der Waals surface area contributed by atoms with E-state index in [0.717, 1.165) is 44.8 Å². The van der Waals surface area contributed by atoms with Gasteiger partial charge < -0.3 is 15.0 Å². The molecule has 0 aromatic heterocycles. The van der Waals surface area contributed by atoms with E-state index in [2.05, 4.69) is 31.0 Å². The molecular weight excluding hydrogens is 224 g/mol. The molecule has 1 aliphatic rings. The average Bonchev–Trinajstić information content (AvgIpc) is 2.82. The molecule has 2 unspecified atom stereocenters. The summed E-state index contributed by atoms with van der Waals surface area (Å²) >= 11 is 0. The van der Waals surface area contributed by atoms with E-state index in [1.165, 1.54) is 32.2 Å². The van der Waals surface area contributed by atoms with Gasteiger partial charge in [0.05, 0.1) is 6.61 Å². The largest absolute Gasteiger partial charge is 0.380 e. The quantitative estimate of drug-likeness (QED) is 0.608. The van der Waals surface area contributed by atoms with Gasteiger partial charge in [-0.05, 0) is 51.7 Å². The molecule has 3 nitrogen and oxygen atoms in total. The molecule has 0 saturated heterocycles. The summed E-state index contributed by atoms with van der Waals surface area (Å²) in [4.78, 5) is 2.52. The summed E-state index contributed by atoms with van der Waals surface area (Å²) in [5.41, 5.74) is 0. The highest BCUT2D eigenvalue weighted by Gasteiger charge is 2.26. The third kappa shape index (κ3) is 5.68. The molecule has 1 aliphatic carbocycles. The maximum absolute atomic E-state index is 5.44. The van der Waals surface area contributed by atoms with Crippen LogP contribution in [0.15, 0.2) is 0 Å². The first-order valence-electron chi connectivity index (χ1n) is 7.85. The third-order valence-corrected chi connectivity index (χ3v) is 4.14. The van der Waals surface area contributed by atoms with Crippen LogP contribution in [0, 0.1) is 5.92 Å². The third-order valence-electron chi connectivity index (χ3n) is 4.14. The highest BCUT2D eigenvalue weighted by molar-refractivity contribution is 4.83.